The first-order valence-corrected chi connectivity index (χ1v) is 5.43. The van der Waals surface area contributed by atoms with Crippen molar-refractivity contribution in [1.29, 1.82) is 0 Å². The number of carbonyl (C=O) groups excluding carboxylic acids is 1. The molecule has 0 saturated heterocycles. The Morgan fingerprint density at radius 2 is 1.77 bits per heavy atom. The van der Waals surface area contributed by atoms with Crippen LogP contribution in [0.5, 0.6) is 0 Å². The van der Waals surface area contributed by atoms with Crippen LogP contribution in [0.4, 0.5) is 0 Å². The Morgan fingerprint density at radius 3 is 2.31 bits per heavy atom. The molecule has 2 unspecified atom stereocenters. The van der Waals surface area contributed by atoms with Crippen LogP contribution in [0.3, 0.4) is 0 Å². The Labute approximate surface area is 81.9 Å². The van der Waals surface area contributed by atoms with E-state index in [0.717, 1.165) is 6.42 Å². The van der Waals surface area contributed by atoms with Crippen LogP contribution in [0, 0.1) is 17.3 Å². The third-order valence-electron chi connectivity index (χ3n) is 3.62. The normalized spacial score (nSPS) is 33.8. The molecule has 0 N–H and O–H groups in total. The fraction of sp³-hybridized carbons (Fsp3) is 0.917. The fourth-order valence-corrected chi connectivity index (χ4v) is 2.38. The lowest BCUT2D eigenvalue weighted by atomic mass is 9.84. The highest BCUT2D eigenvalue weighted by Gasteiger charge is 2.30. The lowest BCUT2D eigenvalue weighted by Crippen LogP contribution is -2.18. The van der Waals surface area contributed by atoms with Gasteiger partial charge in [0.15, 0.2) is 0 Å². The van der Waals surface area contributed by atoms with Crippen molar-refractivity contribution in [2.24, 2.45) is 17.3 Å². The van der Waals surface area contributed by atoms with Gasteiger partial charge in [0.1, 0.15) is 5.78 Å². The van der Waals surface area contributed by atoms with E-state index >= 15 is 0 Å². The van der Waals surface area contributed by atoms with Gasteiger partial charge in [-0.15, -0.1) is 0 Å². The van der Waals surface area contributed by atoms with Crippen LogP contribution in [-0.4, -0.2) is 5.78 Å². The smallest absolute Gasteiger partial charge is 0.133 e. The van der Waals surface area contributed by atoms with Crippen molar-refractivity contribution in [3.8, 4) is 0 Å². The highest BCUT2D eigenvalue weighted by molar-refractivity contribution is 5.78. The Hall–Kier alpha value is -0.330. The highest BCUT2D eigenvalue weighted by Crippen LogP contribution is 2.39. The molecule has 0 heterocycles. The zero-order valence-electron chi connectivity index (χ0n) is 9.39. The van der Waals surface area contributed by atoms with Crippen molar-refractivity contribution < 1.29 is 4.79 Å². The second-order valence-corrected chi connectivity index (χ2v) is 5.44. The summed E-state index contributed by atoms with van der Waals surface area (Å²) in [6.45, 7) is 8.62. The summed E-state index contributed by atoms with van der Waals surface area (Å²) in [6, 6.07) is 0. The van der Waals surface area contributed by atoms with Crippen LogP contribution >= 0.6 is 0 Å². The SMILES string of the molecule is CC(=O)C1CCC(C)(C)CCC1C. The van der Waals surface area contributed by atoms with E-state index in [9.17, 15) is 4.79 Å². The summed E-state index contributed by atoms with van der Waals surface area (Å²) >= 11 is 0. The summed E-state index contributed by atoms with van der Waals surface area (Å²) in [5.74, 6) is 1.33. The van der Waals surface area contributed by atoms with Gasteiger partial charge in [-0.25, -0.2) is 0 Å². The molecule has 1 saturated carbocycles. The molecular formula is C12H22O. The largest absolute Gasteiger partial charge is 0.300 e. The molecule has 0 aromatic rings. The van der Waals surface area contributed by atoms with Crippen molar-refractivity contribution in [2.45, 2.75) is 53.4 Å². The topological polar surface area (TPSA) is 17.1 Å². The maximum atomic E-state index is 11.4. The van der Waals surface area contributed by atoms with E-state index < -0.39 is 0 Å². The average molecular weight is 182 g/mol. The van der Waals surface area contributed by atoms with Crippen molar-refractivity contribution in [2.75, 3.05) is 0 Å². The molecule has 0 aliphatic heterocycles. The summed E-state index contributed by atoms with van der Waals surface area (Å²) in [5.41, 5.74) is 0.457. The standard InChI is InChI=1S/C12H22O/c1-9-5-7-12(3,4)8-6-11(9)10(2)13/h9,11H,5-8H2,1-4H3. The average Bonchev–Trinajstić information content (AvgIpc) is 2.11. The molecule has 0 aromatic carbocycles. The van der Waals surface area contributed by atoms with Gasteiger partial charge in [0.05, 0.1) is 0 Å². The summed E-state index contributed by atoms with van der Waals surface area (Å²) < 4.78 is 0. The molecule has 0 amide bonds. The molecule has 76 valence electrons. The van der Waals surface area contributed by atoms with E-state index in [0.29, 0.717) is 23.0 Å². The molecular weight excluding hydrogens is 160 g/mol. The Balaban J connectivity index is 2.65. The minimum Gasteiger partial charge on any atom is -0.300 e. The van der Waals surface area contributed by atoms with Gasteiger partial charge in [-0.3, -0.25) is 4.79 Å². The maximum absolute atomic E-state index is 11.4. The van der Waals surface area contributed by atoms with Gasteiger partial charge in [-0.05, 0) is 43.9 Å². The number of hydrogen-bond donors (Lipinski definition) is 0. The molecule has 1 aliphatic carbocycles. The molecule has 1 heteroatoms. The molecule has 0 radical (unpaired) electrons. The molecule has 13 heavy (non-hydrogen) atoms. The quantitative estimate of drug-likeness (QED) is 0.568. The van der Waals surface area contributed by atoms with Crippen LogP contribution in [0.2, 0.25) is 0 Å². The van der Waals surface area contributed by atoms with E-state index in [2.05, 4.69) is 20.8 Å². The first-order valence-electron chi connectivity index (χ1n) is 5.43. The molecule has 1 nitrogen and oxygen atoms in total. The maximum Gasteiger partial charge on any atom is 0.133 e. The van der Waals surface area contributed by atoms with Gasteiger partial charge in [0.2, 0.25) is 0 Å². The van der Waals surface area contributed by atoms with Crippen molar-refractivity contribution in [1.82, 2.24) is 0 Å². The summed E-state index contributed by atoms with van der Waals surface area (Å²) in [6.07, 6.45) is 4.81. The van der Waals surface area contributed by atoms with Crippen molar-refractivity contribution in [3.63, 3.8) is 0 Å². The second kappa shape index (κ2) is 3.81. The zero-order valence-corrected chi connectivity index (χ0v) is 9.39. The minimum atomic E-state index is 0.335. The van der Waals surface area contributed by atoms with E-state index in [1.54, 1.807) is 6.92 Å². The third kappa shape index (κ3) is 2.82. The van der Waals surface area contributed by atoms with Crippen molar-refractivity contribution in [3.05, 3.63) is 0 Å². The molecule has 1 fully saturated rings. The second-order valence-electron chi connectivity index (χ2n) is 5.44. The molecule has 1 aliphatic rings. The minimum absolute atomic E-state index is 0.335. The molecule has 1 rings (SSSR count). The Bertz CT molecular complexity index is 193. The fourth-order valence-electron chi connectivity index (χ4n) is 2.38. The number of rotatable bonds is 1. The van der Waals surface area contributed by atoms with Gasteiger partial charge in [0.25, 0.3) is 0 Å². The summed E-state index contributed by atoms with van der Waals surface area (Å²) in [5, 5.41) is 0. The lowest BCUT2D eigenvalue weighted by molar-refractivity contribution is -0.122. The molecule has 0 aromatic heterocycles. The number of carbonyl (C=O) groups is 1. The summed E-state index contributed by atoms with van der Waals surface area (Å²) in [7, 11) is 0. The summed E-state index contributed by atoms with van der Waals surface area (Å²) in [4.78, 5) is 11.4. The van der Waals surface area contributed by atoms with E-state index in [4.69, 9.17) is 0 Å². The third-order valence-corrected chi connectivity index (χ3v) is 3.62. The first kappa shape index (κ1) is 10.7. The van der Waals surface area contributed by atoms with E-state index in [1.807, 2.05) is 0 Å². The van der Waals surface area contributed by atoms with Crippen molar-refractivity contribution >= 4 is 5.78 Å². The zero-order chi connectivity index (χ0) is 10.1. The first-order chi connectivity index (χ1) is 5.92. The predicted molar refractivity (Wildman–Crippen MR) is 55.6 cm³/mol. The number of Topliss-reactive ketones (excluding diaryl/α,β-unsaturated/α-hetero) is 1. The van der Waals surface area contributed by atoms with Gasteiger partial charge in [0, 0.05) is 5.92 Å². The van der Waals surface area contributed by atoms with Gasteiger partial charge in [-0.1, -0.05) is 20.8 Å². The van der Waals surface area contributed by atoms with Crippen LogP contribution in [-0.2, 0) is 4.79 Å². The lowest BCUT2D eigenvalue weighted by Gasteiger charge is -2.21. The van der Waals surface area contributed by atoms with Crippen LogP contribution < -0.4 is 0 Å². The van der Waals surface area contributed by atoms with Gasteiger partial charge >= 0.3 is 0 Å². The predicted octanol–water partition coefficient (Wildman–Crippen LogP) is 3.43. The number of hydrogen-bond acceptors (Lipinski definition) is 1. The molecule has 2 atom stereocenters. The molecule has 0 spiro atoms. The van der Waals surface area contributed by atoms with Crippen LogP contribution in [0.25, 0.3) is 0 Å². The Kier molecular flexibility index (Phi) is 3.15. The molecule has 0 bridgehead atoms. The number of ketones is 1. The van der Waals surface area contributed by atoms with Crippen LogP contribution in [0.1, 0.15) is 53.4 Å². The van der Waals surface area contributed by atoms with E-state index in [1.165, 1.54) is 19.3 Å². The van der Waals surface area contributed by atoms with Gasteiger partial charge < -0.3 is 0 Å². The Morgan fingerprint density at radius 1 is 1.23 bits per heavy atom. The highest BCUT2D eigenvalue weighted by atomic mass is 16.1. The van der Waals surface area contributed by atoms with E-state index in [-0.39, 0.29) is 0 Å². The van der Waals surface area contributed by atoms with Crippen LogP contribution in [0.15, 0.2) is 0 Å². The van der Waals surface area contributed by atoms with Gasteiger partial charge in [-0.2, -0.15) is 0 Å². The monoisotopic (exact) mass is 182 g/mol.